The van der Waals surface area contributed by atoms with Crippen molar-refractivity contribution in [3.05, 3.63) is 27.9 Å². The number of hydrogen-bond donors (Lipinski definition) is 1. The topological polar surface area (TPSA) is 70.1 Å². The third kappa shape index (κ3) is 3.15. The summed E-state index contributed by atoms with van der Waals surface area (Å²) in [4.78, 5) is 15.6. The molecule has 1 heterocycles. The molecule has 1 rings (SSSR count). The van der Waals surface area contributed by atoms with Crippen LogP contribution in [-0.4, -0.2) is 28.8 Å². The Morgan fingerprint density at radius 2 is 2.25 bits per heavy atom. The normalized spacial score (nSPS) is 12.8. The van der Waals surface area contributed by atoms with Gasteiger partial charge in [-0.05, 0) is 26.8 Å². The van der Waals surface area contributed by atoms with Gasteiger partial charge in [0.2, 0.25) is 0 Å². The van der Waals surface area contributed by atoms with Crippen LogP contribution in [-0.2, 0) is 11.3 Å². The molecular weight excluding hydrogens is 206 g/mol. The molecule has 0 fully saturated rings. The summed E-state index contributed by atoms with van der Waals surface area (Å²) >= 11 is 0. The summed E-state index contributed by atoms with van der Waals surface area (Å²) < 4.78 is 7.02. The molecule has 90 valence electrons. The first-order chi connectivity index (χ1) is 7.58. The van der Waals surface area contributed by atoms with Gasteiger partial charge in [-0.1, -0.05) is 0 Å². The number of ether oxygens (including phenoxy) is 1. The molecule has 2 N–H and O–H groups in total. The standard InChI is InChI=1S/C11H19N3O2/c1-4-16-10(6-12)7-14-9(3)5-8(2)13-11(14)15/h5,10H,4,6-7,12H2,1-3H3. The molecule has 0 aliphatic heterocycles. The highest BCUT2D eigenvalue weighted by atomic mass is 16.5. The minimum absolute atomic E-state index is 0.133. The maximum absolute atomic E-state index is 11.7. The smallest absolute Gasteiger partial charge is 0.348 e. The van der Waals surface area contributed by atoms with E-state index in [1.54, 1.807) is 4.57 Å². The molecule has 0 saturated carbocycles. The van der Waals surface area contributed by atoms with Gasteiger partial charge in [0.05, 0.1) is 12.6 Å². The van der Waals surface area contributed by atoms with Crippen molar-refractivity contribution in [3.63, 3.8) is 0 Å². The zero-order valence-corrected chi connectivity index (χ0v) is 10.1. The maximum atomic E-state index is 11.7. The average molecular weight is 225 g/mol. The van der Waals surface area contributed by atoms with Gasteiger partial charge in [-0.3, -0.25) is 4.57 Å². The van der Waals surface area contributed by atoms with Crippen LogP contribution in [0.3, 0.4) is 0 Å². The van der Waals surface area contributed by atoms with E-state index in [0.717, 1.165) is 11.4 Å². The predicted octanol–water partition coefficient (Wildman–Crippen LogP) is 0.224. The Morgan fingerprint density at radius 1 is 1.56 bits per heavy atom. The van der Waals surface area contributed by atoms with Crippen LogP contribution in [0.2, 0.25) is 0 Å². The average Bonchev–Trinajstić information content (AvgIpc) is 2.21. The molecule has 5 nitrogen and oxygen atoms in total. The van der Waals surface area contributed by atoms with Crippen LogP contribution in [0.15, 0.2) is 10.9 Å². The molecule has 1 atom stereocenters. The van der Waals surface area contributed by atoms with E-state index in [-0.39, 0.29) is 11.8 Å². The van der Waals surface area contributed by atoms with Crippen molar-refractivity contribution in [1.29, 1.82) is 0 Å². The van der Waals surface area contributed by atoms with Crippen LogP contribution in [0.25, 0.3) is 0 Å². The zero-order chi connectivity index (χ0) is 12.1. The SMILES string of the molecule is CCOC(CN)Cn1c(C)cc(C)nc1=O. The van der Waals surface area contributed by atoms with Crippen LogP contribution in [0.5, 0.6) is 0 Å². The van der Waals surface area contributed by atoms with Crippen molar-refractivity contribution < 1.29 is 4.74 Å². The van der Waals surface area contributed by atoms with Crippen molar-refractivity contribution in [2.24, 2.45) is 5.73 Å². The fourth-order valence-corrected chi connectivity index (χ4v) is 1.63. The van der Waals surface area contributed by atoms with Crippen molar-refractivity contribution in [1.82, 2.24) is 9.55 Å². The second-order valence-corrected chi connectivity index (χ2v) is 3.75. The van der Waals surface area contributed by atoms with E-state index < -0.39 is 0 Å². The molecule has 1 aromatic rings. The Kier molecular flexibility index (Phi) is 4.64. The highest BCUT2D eigenvalue weighted by Gasteiger charge is 2.10. The molecule has 5 heteroatoms. The highest BCUT2D eigenvalue weighted by molar-refractivity contribution is 5.06. The van der Waals surface area contributed by atoms with Gasteiger partial charge >= 0.3 is 5.69 Å². The zero-order valence-electron chi connectivity index (χ0n) is 10.1. The van der Waals surface area contributed by atoms with E-state index in [4.69, 9.17) is 10.5 Å². The van der Waals surface area contributed by atoms with Crippen LogP contribution < -0.4 is 11.4 Å². The summed E-state index contributed by atoms with van der Waals surface area (Å²) in [5, 5.41) is 0. The molecule has 0 amide bonds. The van der Waals surface area contributed by atoms with E-state index in [1.807, 2.05) is 26.8 Å². The quantitative estimate of drug-likeness (QED) is 0.778. The summed E-state index contributed by atoms with van der Waals surface area (Å²) in [6, 6.07) is 1.88. The minimum atomic E-state index is -0.240. The first-order valence-electron chi connectivity index (χ1n) is 5.45. The molecule has 0 saturated heterocycles. The first kappa shape index (κ1) is 12.9. The van der Waals surface area contributed by atoms with Gasteiger partial charge in [-0.25, -0.2) is 4.79 Å². The van der Waals surface area contributed by atoms with Crippen LogP contribution >= 0.6 is 0 Å². The summed E-state index contributed by atoms with van der Waals surface area (Å²) in [6.45, 7) is 7.05. The van der Waals surface area contributed by atoms with Gasteiger partial charge in [0.15, 0.2) is 0 Å². The molecule has 16 heavy (non-hydrogen) atoms. The van der Waals surface area contributed by atoms with Crippen LogP contribution in [0, 0.1) is 13.8 Å². The van der Waals surface area contributed by atoms with Gasteiger partial charge < -0.3 is 10.5 Å². The van der Waals surface area contributed by atoms with Gasteiger partial charge in [0.25, 0.3) is 0 Å². The Labute approximate surface area is 95.3 Å². The lowest BCUT2D eigenvalue weighted by Gasteiger charge is -2.17. The van der Waals surface area contributed by atoms with Gasteiger partial charge in [-0.15, -0.1) is 0 Å². The molecule has 0 radical (unpaired) electrons. The molecule has 0 spiro atoms. The molecule has 0 bridgehead atoms. The lowest BCUT2D eigenvalue weighted by Crippen LogP contribution is -2.35. The fourth-order valence-electron chi connectivity index (χ4n) is 1.63. The monoisotopic (exact) mass is 225 g/mol. The van der Waals surface area contributed by atoms with Crippen molar-refractivity contribution >= 4 is 0 Å². The lowest BCUT2D eigenvalue weighted by molar-refractivity contribution is 0.0553. The molecular formula is C11H19N3O2. The number of aromatic nitrogens is 2. The van der Waals surface area contributed by atoms with Crippen molar-refractivity contribution in [3.8, 4) is 0 Å². The van der Waals surface area contributed by atoms with Crippen molar-refractivity contribution in [2.75, 3.05) is 13.2 Å². The van der Waals surface area contributed by atoms with E-state index in [1.165, 1.54) is 0 Å². The third-order valence-corrected chi connectivity index (χ3v) is 2.40. The number of nitrogens with zero attached hydrogens (tertiary/aromatic N) is 2. The molecule has 0 aromatic carbocycles. The molecule has 0 aliphatic rings. The predicted molar refractivity (Wildman–Crippen MR) is 62.4 cm³/mol. The number of hydrogen-bond acceptors (Lipinski definition) is 4. The van der Waals surface area contributed by atoms with Gasteiger partial charge in [0.1, 0.15) is 0 Å². The Bertz CT molecular complexity index is 401. The number of aryl methyl sites for hydroxylation is 2. The molecule has 1 aromatic heterocycles. The maximum Gasteiger partial charge on any atom is 0.348 e. The second kappa shape index (κ2) is 5.77. The number of rotatable bonds is 5. The largest absolute Gasteiger partial charge is 0.375 e. The number of nitrogens with two attached hydrogens (primary N) is 1. The van der Waals surface area contributed by atoms with Crippen molar-refractivity contribution in [2.45, 2.75) is 33.4 Å². The Morgan fingerprint density at radius 3 is 2.75 bits per heavy atom. The van der Waals surface area contributed by atoms with Gasteiger partial charge in [0, 0.05) is 24.5 Å². The highest BCUT2D eigenvalue weighted by Crippen LogP contribution is 2.00. The molecule has 1 unspecified atom stereocenters. The van der Waals surface area contributed by atoms with Crippen LogP contribution in [0.4, 0.5) is 0 Å². The Balaban J connectivity index is 2.92. The fraction of sp³-hybridized carbons (Fsp3) is 0.636. The summed E-state index contributed by atoms with van der Waals surface area (Å²) in [6.07, 6.45) is -0.133. The summed E-state index contributed by atoms with van der Waals surface area (Å²) in [5.74, 6) is 0. The van der Waals surface area contributed by atoms with E-state index in [9.17, 15) is 4.79 Å². The van der Waals surface area contributed by atoms with E-state index in [0.29, 0.717) is 19.7 Å². The van der Waals surface area contributed by atoms with E-state index >= 15 is 0 Å². The molecule has 0 aliphatic carbocycles. The van der Waals surface area contributed by atoms with E-state index in [2.05, 4.69) is 4.98 Å². The summed E-state index contributed by atoms with van der Waals surface area (Å²) in [7, 11) is 0. The van der Waals surface area contributed by atoms with Crippen LogP contribution in [0.1, 0.15) is 18.3 Å². The third-order valence-electron chi connectivity index (χ3n) is 2.40. The second-order valence-electron chi connectivity index (χ2n) is 3.75. The Hall–Kier alpha value is -1.20. The lowest BCUT2D eigenvalue weighted by atomic mass is 10.3. The first-order valence-corrected chi connectivity index (χ1v) is 5.45. The summed E-state index contributed by atoms with van der Waals surface area (Å²) in [5.41, 5.74) is 6.96. The van der Waals surface area contributed by atoms with Gasteiger partial charge in [-0.2, -0.15) is 4.98 Å². The minimum Gasteiger partial charge on any atom is -0.375 e.